The Morgan fingerprint density at radius 3 is 2.15 bits per heavy atom. The van der Waals surface area contributed by atoms with Gasteiger partial charge in [0, 0.05) is 5.56 Å². The highest BCUT2D eigenvalue weighted by molar-refractivity contribution is 5.81. The van der Waals surface area contributed by atoms with E-state index in [4.69, 9.17) is 10.5 Å². The summed E-state index contributed by atoms with van der Waals surface area (Å²) in [7, 11) is 0. The second-order valence-electron chi connectivity index (χ2n) is 6.15. The van der Waals surface area contributed by atoms with Gasteiger partial charge in [-0.25, -0.2) is 4.98 Å². The molecule has 4 aromatic rings. The molecule has 122 valence electrons. The molecule has 1 aromatic heterocycles. The van der Waals surface area contributed by atoms with Crippen LogP contribution in [-0.2, 0) is 0 Å². The van der Waals surface area contributed by atoms with Crippen LogP contribution in [0.4, 0.5) is 0 Å². The van der Waals surface area contributed by atoms with Gasteiger partial charge in [-0.15, -0.1) is 0 Å². The Kier molecular flexibility index (Phi) is 3.73. The fourth-order valence-corrected chi connectivity index (χ4v) is 3.08. The van der Waals surface area contributed by atoms with Gasteiger partial charge < -0.3 is 4.98 Å². The summed E-state index contributed by atoms with van der Waals surface area (Å²) in [6.07, 6.45) is 0. The van der Waals surface area contributed by atoms with Crippen molar-refractivity contribution in [1.29, 1.82) is 10.5 Å². The molecule has 4 heteroatoms. The minimum atomic E-state index is 0.610. The average molecular weight is 334 g/mol. The lowest BCUT2D eigenvalue weighted by Crippen LogP contribution is -1.86. The molecular formula is C22H14N4. The molecule has 0 amide bonds. The molecule has 0 atom stereocenters. The minimum Gasteiger partial charge on any atom is -0.338 e. The molecule has 1 N–H and O–H groups in total. The smallest absolute Gasteiger partial charge is 0.138 e. The standard InChI is InChI=1S/C22H14N4/c1-14-10-15(12-23)2-8-19(14)17-4-6-18(7-5-17)22-25-20-9-3-16(13-24)11-21(20)26-22/h2-11H,1H3,(H,25,26). The summed E-state index contributed by atoms with van der Waals surface area (Å²) in [5.41, 5.74) is 7.23. The number of aromatic amines is 1. The molecule has 0 aliphatic carbocycles. The predicted octanol–water partition coefficient (Wildman–Crippen LogP) is 4.95. The first kappa shape index (κ1) is 15.6. The number of imidazole rings is 1. The van der Waals surface area contributed by atoms with Crippen LogP contribution in [0.3, 0.4) is 0 Å². The molecule has 26 heavy (non-hydrogen) atoms. The summed E-state index contributed by atoms with van der Waals surface area (Å²) < 4.78 is 0. The van der Waals surface area contributed by atoms with E-state index in [1.807, 2.05) is 43.3 Å². The van der Waals surface area contributed by atoms with Crippen molar-refractivity contribution < 1.29 is 0 Å². The highest BCUT2D eigenvalue weighted by Gasteiger charge is 2.08. The van der Waals surface area contributed by atoms with Crippen molar-refractivity contribution in [2.24, 2.45) is 0 Å². The van der Waals surface area contributed by atoms with Gasteiger partial charge in [0.15, 0.2) is 0 Å². The lowest BCUT2D eigenvalue weighted by Gasteiger charge is -2.07. The van der Waals surface area contributed by atoms with E-state index >= 15 is 0 Å². The lowest BCUT2D eigenvalue weighted by atomic mass is 9.98. The topological polar surface area (TPSA) is 76.3 Å². The number of nitrogens with one attached hydrogen (secondary N) is 1. The number of rotatable bonds is 2. The molecule has 0 unspecified atom stereocenters. The largest absolute Gasteiger partial charge is 0.338 e. The van der Waals surface area contributed by atoms with Crippen molar-refractivity contribution in [2.75, 3.05) is 0 Å². The maximum atomic E-state index is 9.01. The van der Waals surface area contributed by atoms with E-state index < -0.39 is 0 Å². The Morgan fingerprint density at radius 2 is 1.46 bits per heavy atom. The van der Waals surface area contributed by atoms with E-state index in [1.165, 1.54) is 0 Å². The molecule has 0 saturated heterocycles. The average Bonchev–Trinajstić information content (AvgIpc) is 3.11. The molecule has 3 aromatic carbocycles. The van der Waals surface area contributed by atoms with Gasteiger partial charge in [-0.3, -0.25) is 0 Å². The molecule has 0 aliphatic heterocycles. The van der Waals surface area contributed by atoms with E-state index in [9.17, 15) is 0 Å². The van der Waals surface area contributed by atoms with E-state index in [0.29, 0.717) is 11.1 Å². The molecule has 4 nitrogen and oxygen atoms in total. The third-order valence-corrected chi connectivity index (χ3v) is 4.44. The number of H-pyrrole nitrogens is 1. The van der Waals surface area contributed by atoms with Gasteiger partial charge in [-0.05, 0) is 53.9 Å². The zero-order valence-electron chi connectivity index (χ0n) is 14.1. The highest BCUT2D eigenvalue weighted by Crippen LogP contribution is 2.27. The van der Waals surface area contributed by atoms with Crippen molar-refractivity contribution in [3.8, 4) is 34.7 Å². The fraction of sp³-hybridized carbons (Fsp3) is 0.0455. The summed E-state index contributed by atoms with van der Waals surface area (Å²) in [5.74, 6) is 0.776. The SMILES string of the molecule is Cc1cc(C#N)ccc1-c1ccc(-c2nc3ccc(C#N)cc3[nH]2)cc1. The van der Waals surface area contributed by atoms with E-state index in [1.54, 1.807) is 12.1 Å². The van der Waals surface area contributed by atoms with Crippen molar-refractivity contribution in [2.45, 2.75) is 6.92 Å². The monoisotopic (exact) mass is 334 g/mol. The number of nitrogens with zero attached hydrogens (tertiary/aromatic N) is 3. The highest BCUT2D eigenvalue weighted by atomic mass is 14.9. The van der Waals surface area contributed by atoms with Crippen molar-refractivity contribution in [3.63, 3.8) is 0 Å². The number of benzene rings is 3. The van der Waals surface area contributed by atoms with Crippen LogP contribution in [0.15, 0.2) is 60.7 Å². The number of aryl methyl sites for hydroxylation is 1. The van der Waals surface area contributed by atoms with Gasteiger partial charge in [-0.2, -0.15) is 10.5 Å². The second-order valence-corrected chi connectivity index (χ2v) is 6.15. The number of aromatic nitrogens is 2. The number of fused-ring (bicyclic) bond motifs is 1. The molecule has 0 spiro atoms. The minimum absolute atomic E-state index is 0.610. The Balaban J connectivity index is 1.70. The van der Waals surface area contributed by atoms with Crippen molar-refractivity contribution in [1.82, 2.24) is 9.97 Å². The normalized spacial score (nSPS) is 10.4. The third kappa shape index (κ3) is 2.70. The maximum Gasteiger partial charge on any atom is 0.138 e. The molecule has 0 saturated carbocycles. The Labute approximate surface area is 151 Å². The predicted molar refractivity (Wildman–Crippen MR) is 101 cm³/mol. The summed E-state index contributed by atoms with van der Waals surface area (Å²) in [4.78, 5) is 7.87. The Hall–Kier alpha value is -3.89. The fourth-order valence-electron chi connectivity index (χ4n) is 3.08. The summed E-state index contributed by atoms with van der Waals surface area (Å²) in [6.45, 7) is 2.01. The molecular weight excluding hydrogens is 320 g/mol. The van der Waals surface area contributed by atoms with E-state index in [0.717, 1.165) is 39.1 Å². The first-order valence-electron chi connectivity index (χ1n) is 8.19. The zero-order chi connectivity index (χ0) is 18.1. The van der Waals surface area contributed by atoms with Crippen molar-refractivity contribution in [3.05, 3.63) is 77.4 Å². The lowest BCUT2D eigenvalue weighted by molar-refractivity contribution is 1.33. The Bertz CT molecular complexity index is 1200. The summed E-state index contributed by atoms with van der Waals surface area (Å²) in [5, 5.41) is 18.0. The molecule has 0 aliphatic rings. The van der Waals surface area contributed by atoms with Gasteiger partial charge in [0.2, 0.25) is 0 Å². The third-order valence-electron chi connectivity index (χ3n) is 4.44. The summed E-state index contributed by atoms with van der Waals surface area (Å²) in [6, 6.07) is 23.6. The van der Waals surface area contributed by atoms with Crippen LogP contribution in [0.5, 0.6) is 0 Å². The van der Waals surface area contributed by atoms with E-state index in [-0.39, 0.29) is 0 Å². The number of nitriles is 2. The van der Waals surface area contributed by atoms with Gasteiger partial charge >= 0.3 is 0 Å². The van der Waals surface area contributed by atoms with Gasteiger partial charge in [0.1, 0.15) is 5.82 Å². The van der Waals surface area contributed by atoms with Crippen LogP contribution >= 0.6 is 0 Å². The van der Waals surface area contributed by atoms with E-state index in [2.05, 4.69) is 34.2 Å². The van der Waals surface area contributed by atoms with Gasteiger partial charge in [0.05, 0.1) is 34.3 Å². The molecule has 4 rings (SSSR count). The van der Waals surface area contributed by atoms with Crippen LogP contribution < -0.4 is 0 Å². The maximum absolute atomic E-state index is 9.01. The van der Waals surface area contributed by atoms with Crippen LogP contribution in [0.2, 0.25) is 0 Å². The van der Waals surface area contributed by atoms with Crippen molar-refractivity contribution >= 4 is 11.0 Å². The molecule has 1 heterocycles. The second kappa shape index (κ2) is 6.20. The van der Waals surface area contributed by atoms with Crippen LogP contribution in [0.25, 0.3) is 33.5 Å². The first-order valence-corrected chi connectivity index (χ1v) is 8.19. The number of hydrogen-bond donors (Lipinski definition) is 1. The van der Waals surface area contributed by atoms with Gasteiger partial charge in [0.25, 0.3) is 0 Å². The number of hydrogen-bond acceptors (Lipinski definition) is 3. The van der Waals surface area contributed by atoms with Crippen LogP contribution in [0.1, 0.15) is 16.7 Å². The molecule has 0 fully saturated rings. The Morgan fingerprint density at radius 1 is 0.808 bits per heavy atom. The van der Waals surface area contributed by atoms with Crippen LogP contribution in [-0.4, -0.2) is 9.97 Å². The quantitative estimate of drug-likeness (QED) is 0.563. The molecule has 0 bridgehead atoms. The summed E-state index contributed by atoms with van der Waals surface area (Å²) >= 11 is 0. The molecule has 0 radical (unpaired) electrons. The van der Waals surface area contributed by atoms with Gasteiger partial charge in [-0.1, -0.05) is 30.3 Å². The first-order chi connectivity index (χ1) is 12.7. The van der Waals surface area contributed by atoms with Crippen LogP contribution in [0, 0.1) is 29.6 Å². The zero-order valence-corrected chi connectivity index (χ0v) is 14.1.